The fourth-order valence-electron chi connectivity index (χ4n) is 3.04. The monoisotopic (exact) mass is 315 g/mol. The van der Waals surface area contributed by atoms with Crippen LogP contribution in [0.4, 0.5) is 0 Å². The Morgan fingerprint density at radius 3 is 2.32 bits per heavy atom. The Morgan fingerprint density at radius 1 is 1.09 bits per heavy atom. The molecule has 1 N–H and O–H groups in total. The summed E-state index contributed by atoms with van der Waals surface area (Å²) in [5, 5.41) is 10.2. The molecular formula is C17H14ClNO3. The highest BCUT2D eigenvalue weighted by atomic mass is 35.5. The van der Waals surface area contributed by atoms with Crippen molar-refractivity contribution < 1.29 is 14.7 Å². The quantitative estimate of drug-likeness (QED) is 0.924. The summed E-state index contributed by atoms with van der Waals surface area (Å²) in [6.45, 7) is 0. The summed E-state index contributed by atoms with van der Waals surface area (Å²) in [5.41, 5.74) is 1.60. The highest BCUT2D eigenvalue weighted by molar-refractivity contribution is 6.31. The molecule has 112 valence electrons. The number of amides is 1. The van der Waals surface area contributed by atoms with Gasteiger partial charge in [0, 0.05) is 17.6 Å². The van der Waals surface area contributed by atoms with Gasteiger partial charge in [0.05, 0.1) is 6.04 Å². The number of carboxylic acids is 1. The standard InChI is InChI=1S/C17H14ClNO3/c1-19-15(12-8-4-5-9-13(12)18)14(17(21)22)10-6-2-3-7-11(10)16(19)20/h2-9,14-15H,1H3,(H,21,22)/t14-,15-/m0/s1. The van der Waals surface area contributed by atoms with Gasteiger partial charge < -0.3 is 10.0 Å². The van der Waals surface area contributed by atoms with Gasteiger partial charge in [-0.15, -0.1) is 0 Å². The van der Waals surface area contributed by atoms with Crippen molar-refractivity contribution in [3.8, 4) is 0 Å². The third-order valence-corrected chi connectivity index (χ3v) is 4.41. The number of carbonyl (C=O) groups excluding carboxylic acids is 1. The van der Waals surface area contributed by atoms with Crippen LogP contribution in [0.1, 0.15) is 33.4 Å². The van der Waals surface area contributed by atoms with Crippen molar-refractivity contribution >= 4 is 23.5 Å². The van der Waals surface area contributed by atoms with E-state index in [1.165, 1.54) is 4.90 Å². The van der Waals surface area contributed by atoms with E-state index in [0.29, 0.717) is 21.7 Å². The lowest BCUT2D eigenvalue weighted by molar-refractivity contribution is -0.140. The molecule has 0 bridgehead atoms. The fourth-order valence-corrected chi connectivity index (χ4v) is 3.29. The first-order valence-electron chi connectivity index (χ1n) is 6.85. The van der Waals surface area contributed by atoms with Crippen LogP contribution in [0, 0.1) is 0 Å². The molecule has 2 aromatic carbocycles. The van der Waals surface area contributed by atoms with Crippen LogP contribution >= 0.6 is 11.6 Å². The number of likely N-dealkylation sites (N-methyl/N-ethyl adjacent to an activating group) is 1. The molecule has 0 saturated heterocycles. The fraction of sp³-hybridized carbons (Fsp3) is 0.176. The van der Waals surface area contributed by atoms with Gasteiger partial charge in [0.1, 0.15) is 5.92 Å². The number of halogens is 1. The zero-order valence-corrected chi connectivity index (χ0v) is 12.6. The van der Waals surface area contributed by atoms with E-state index in [4.69, 9.17) is 11.6 Å². The Kier molecular flexibility index (Phi) is 3.62. The lowest BCUT2D eigenvalue weighted by Crippen LogP contribution is -2.42. The van der Waals surface area contributed by atoms with Crippen LogP contribution in [0.25, 0.3) is 0 Å². The highest BCUT2D eigenvalue weighted by Crippen LogP contribution is 2.43. The van der Waals surface area contributed by atoms with Crippen LogP contribution in [0.5, 0.6) is 0 Å². The number of hydrogen-bond donors (Lipinski definition) is 1. The van der Waals surface area contributed by atoms with Gasteiger partial charge in [-0.25, -0.2) is 0 Å². The predicted octanol–water partition coefficient (Wildman–Crippen LogP) is 3.34. The zero-order valence-electron chi connectivity index (χ0n) is 11.9. The summed E-state index contributed by atoms with van der Waals surface area (Å²) < 4.78 is 0. The van der Waals surface area contributed by atoms with E-state index < -0.39 is 17.9 Å². The Balaban J connectivity index is 2.24. The summed E-state index contributed by atoms with van der Waals surface area (Å²) >= 11 is 6.24. The minimum Gasteiger partial charge on any atom is -0.481 e. The largest absolute Gasteiger partial charge is 0.481 e. The molecule has 1 aliphatic heterocycles. The van der Waals surface area contributed by atoms with E-state index in [-0.39, 0.29) is 5.91 Å². The maximum atomic E-state index is 12.6. The molecule has 0 saturated carbocycles. The number of aliphatic carboxylic acids is 1. The first-order chi connectivity index (χ1) is 10.5. The lowest BCUT2D eigenvalue weighted by Gasteiger charge is -2.38. The minimum absolute atomic E-state index is 0.196. The third kappa shape index (κ3) is 2.16. The van der Waals surface area contributed by atoms with Crippen molar-refractivity contribution in [2.45, 2.75) is 12.0 Å². The second-order valence-electron chi connectivity index (χ2n) is 5.29. The van der Waals surface area contributed by atoms with Crippen molar-refractivity contribution in [3.05, 3.63) is 70.2 Å². The van der Waals surface area contributed by atoms with Gasteiger partial charge in [0.15, 0.2) is 0 Å². The summed E-state index contributed by atoms with van der Waals surface area (Å²) in [4.78, 5) is 25.9. The molecule has 22 heavy (non-hydrogen) atoms. The molecule has 5 heteroatoms. The van der Waals surface area contributed by atoms with E-state index in [1.807, 2.05) is 0 Å². The van der Waals surface area contributed by atoms with Crippen molar-refractivity contribution in [2.75, 3.05) is 7.05 Å². The molecule has 1 amide bonds. The molecule has 1 heterocycles. The Labute approximate surface area is 132 Å². The van der Waals surface area contributed by atoms with E-state index in [1.54, 1.807) is 55.6 Å². The van der Waals surface area contributed by atoms with E-state index in [0.717, 1.165) is 0 Å². The van der Waals surface area contributed by atoms with Crippen molar-refractivity contribution in [3.63, 3.8) is 0 Å². The van der Waals surface area contributed by atoms with Crippen LogP contribution < -0.4 is 0 Å². The molecular weight excluding hydrogens is 302 g/mol. The first kappa shape index (κ1) is 14.6. The number of carboxylic acid groups (broad SMARTS) is 1. The predicted molar refractivity (Wildman–Crippen MR) is 83.1 cm³/mol. The molecule has 0 fully saturated rings. The molecule has 2 aromatic rings. The highest BCUT2D eigenvalue weighted by Gasteiger charge is 2.43. The van der Waals surface area contributed by atoms with Crippen molar-refractivity contribution in [1.29, 1.82) is 0 Å². The number of rotatable bonds is 2. The van der Waals surface area contributed by atoms with Gasteiger partial charge in [-0.1, -0.05) is 48.0 Å². The van der Waals surface area contributed by atoms with Gasteiger partial charge >= 0.3 is 5.97 Å². The van der Waals surface area contributed by atoms with E-state index in [2.05, 4.69) is 0 Å². The van der Waals surface area contributed by atoms with Crippen LogP contribution in [-0.4, -0.2) is 28.9 Å². The minimum atomic E-state index is -0.975. The van der Waals surface area contributed by atoms with Gasteiger partial charge in [-0.2, -0.15) is 0 Å². The number of nitrogens with zero attached hydrogens (tertiary/aromatic N) is 1. The summed E-state index contributed by atoms with van der Waals surface area (Å²) in [6, 6.07) is 13.2. The van der Waals surface area contributed by atoms with Crippen LogP contribution in [0.2, 0.25) is 5.02 Å². The molecule has 4 nitrogen and oxygen atoms in total. The summed E-state index contributed by atoms with van der Waals surface area (Å²) in [6.07, 6.45) is 0. The zero-order chi connectivity index (χ0) is 15.9. The molecule has 3 rings (SSSR count). The Morgan fingerprint density at radius 2 is 1.68 bits per heavy atom. The average molecular weight is 316 g/mol. The first-order valence-corrected chi connectivity index (χ1v) is 7.23. The number of carbonyl (C=O) groups is 2. The molecule has 0 spiro atoms. The topological polar surface area (TPSA) is 57.6 Å². The van der Waals surface area contributed by atoms with Gasteiger partial charge in [-0.3, -0.25) is 9.59 Å². The maximum Gasteiger partial charge on any atom is 0.313 e. The SMILES string of the molecule is CN1C(=O)c2ccccc2[C@H](C(=O)O)[C@@H]1c1ccccc1Cl. The van der Waals surface area contributed by atoms with E-state index >= 15 is 0 Å². The number of benzene rings is 2. The molecule has 0 aliphatic carbocycles. The Hall–Kier alpha value is -2.33. The van der Waals surface area contributed by atoms with Gasteiger partial charge in [0.2, 0.25) is 0 Å². The summed E-state index contributed by atoms with van der Waals surface area (Å²) in [5.74, 6) is -2.02. The van der Waals surface area contributed by atoms with Crippen molar-refractivity contribution in [2.24, 2.45) is 0 Å². The molecule has 2 atom stereocenters. The smallest absolute Gasteiger partial charge is 0.313 e. The molecule has 0 unspecified atom stereocenters. The summed E-state index contributed by atoms with van der Waals surface area (Å²) in [7, 11) is 1.61. The second kappa shape index (κ2) is 5.46. The lowest BCUT2D eigenvalue weighted by atomic mass is 9.80. The van der Waals surface area contributed by atoms with Crippen LogP contribution in [0.15, 0.2) is 48.5 Å². The number of hydrogen-bond acceptors (Lipinski definition) is 2. The van der Waals surface area contributed by atoms with Crippen LogP contribution in [0.3, 0.4) is 0 Å². The molecule has 0 aromatic heterocycles. The third-order valence-electron chi connectivity index (χ3n) is 4.07. The molecule has 1 aliphatic rings. The van der Waals surface area contributed by atoms with Gasteiger partial charge in [0.25, 0.3) is 5.91 Å². The van der Waals surface area contributed by atoms with Crippen LogP contribution in [-0.2, 0) is 4.79 Å². The normalized spacial score (nSPS) is 20.6. The van der Waals surface area contributed by atoms with Gasteiger partial charge in [-0.05, 0) is 23.3 Å². The molecule has 0 radical (unpaired) electrons. The Bertz CT molecular complexity index is 759. The van der Waals surface area contributed by atoms with Crippen molar-refractivity contribution in [1.82, 2.24) is 4.90 Å². The van der Waals surface area contributed by atoms with E-state index in [9.17, 15) is 14.7 Å². The second-order valence-corrected chi connectivity index (χ2v) is 5.69. The number of fused-ring (bicyclic) bond motifs is 1. The average Bonchev–Trinajstić information content (AvgIpc) is 2.51. The maximum absolute atomic E-state index is 12.6.